The highest BCUT2D eigenvalue weighted by molar-refractivity contribution is 7.89. The minimum Gasteiger partial charge on any atom is -0.506 e. The number of unbranched alkanes of at least 4 members (excludes halogenated alkanes) is 18. The third-order valence-electron chi connectivity index (χ3n) is 8.82. The molecule has 0 atom stereocenters. The Bertz CT molecular complexity index is 1680. The predicted molar refractivity (Wildman–Crippen MR) is 211 cm³/mol. The molecule has 5 N–H and O–H groups in total. The zero-order chi connectivity index (χ0) is 38.8. The summed E-state index contributed by atoms with van der Waals surface area (Å²) in [4.78, 5) is -0.237. The molecular weight excluding hydrogens is 715 g/mol. The number of nitrogens with zero attached hydrogens (tertiary/aromatic N) is 4. The van der Waals surface area contributed by atoms with Crippen LogP contribution in [0.1, 0.15) is 142 Å². The van der Waals surface area contributed by atoms with Crippen LogP contribution in [0.2, 0.25) is 0 Å². The van der Waals surface area contributed by atoms with Gasteiger partial charge in [0.25, 0.3) is 5.84 Å². The molecule has 0 aliphatic carbocycles. The van der Waals surface area contributed by atoms with Crippen LogP contribution in [0, 0.1) is 11.3 Å². The lowest BCUT2D eigenvalue weighted by atomic mass is 10.1. The number of hydrazone groups is 1. The summed E-state index contributed by atoms with van der Waals surface area (Å²) in [6, 6.07) is 8.86. The molecule has 13 nitrogen and oxygen atoms in total. The van der Waals surface area contributed by atoms with Gasteiger partial charge >= 0.3 is 0 Å². The average molecular weight is 776 g/mol. The van der Waals surface area contributed by atoms with Gasteiger partial charge in [0.15, 0.2) is 0 Å². The molecule has 53 heavy (non-hydrogen) atoms. The van der Waals surface area contributed by atoms with Gasteiger partial charge in [0.2, 0.25) is 20.0 Å². The summed E-state index contributed by atoms with van der Waals surface area (Å²) < 4.78 is 56.7. The van der Waals surface area contributed by atoms with Crippen molar-refractivity contribution >= 4 is 37.3 Å². The van der Waals surface area contributed by atoms with Gasteiger partial charge in [0.05, 0.1) is 15.5 Å². The van der Waals surface area contributed by atoms with Gasteiger partial charge in [-0.3, -0.25) is 5.43 Å². The van der Waals surface area contributed by atoms with E-state index in [4.69, 9.17) is 0 Å². The van der Waals surface area contributed by atoms with Gasteiger partial charge in [-0.1, -0.05) is 129 Å². The first-order chi connectivity index (χ1) is 25.5. The van der Waals surface area contributed by atoms with Crippen LogP contribution >= 0.6 is 0 Å². The predicted octanol–water partition coefficient (Wildman–Crippen LogP) is 9.53. The molecule has 0 saturated carbocycles. The molecule has 0 radical (unpaired) electrons. The van der Waals surface area contributed by atoms with Gasteiger partial charge in [-0.05, 0) is 49.2 Å². The largest absolute Gasteiger partial charge is 0.506 e. The van der Waals surface area contributed by atoms with Gasteiger partial charge in [0, 0.05) is 13.1 Å². The number of aromatic hydroxyl groups is 2. The standard InChI is InChI=1S/C38H61N7O6S2/c1-3-5-7-9-11-13-15-17-19-21-27-40-52(48,49)32-23-25-36(46)34(29-32)42-44-38(31-39)45-43-35-30-33(24-26-37(35)47)53(50,51)41-28-22-20-18-16-14-12-10-8-6-4-2/h23-26,29-30,40-42,46-47H,3-22,27-28H2,1-2H3/b44-38+,45-43?. The van der Waals surface area contributed by atoms with Crippen LogP contribution < -0.4 is 14.9 Å². The quantitative estimate of drug-likeness (QED) is 0.0134. The van der Waals surface area contributed by atoms with Crippen LogP contribution in [-0.2, 0) is 20.0 Å². The van der Waals surface area contributed by atoms with Crippen molar-refractivity contribution in [3.63, 3.8) is 0 Å². The zero-order valence-corrected chi connectivity index (χ0v) is 33.3. The number of nitriles is 1. The summed E-state index contributed by atoms with van der Waals surface area (Å²) in [5.74, 6) is -1.23. The Morgan fingerprint density at radius 1 is 0.623 bits per heavy atom. The monoisotopic (exact) mass is 775 g/mol. The Labute approximate surface area is 317 Å². The molecule has 2 aromatic carbocycles. The number of azo groups is 1. The van der Waals surface area contributed by atoms with E-state index in [-0.39, 0.29) is 45.8 Å². The van der Waals surface area contributed by atoms with E-state index in [0.29, 0.717) is 12.8 Å². The molecule has 0 spiro atoms. The number of benzene rings is 2. The molecule has 0 heterocycles. The van der Waals surface area contributed by atoms with Gasteiger partial charge in [-0.2, -0.15) is 5.26 Å². The fourth-order valence-corrected chi connectivity index (χ4v) is 7.80. The number of anilines is 1. The topological polar surface area (TPSA) is 206 Å². The molecular formula is C38H61N7O6S2. The Balaban J connectivity index is 1.89. The Morgan fingerprint density at radius 3 is 1.49 bits per heavy atom. The molecule has 296 valence electrons. The molecule has 0 unspecified atom stereocenters. The van der Waals surface area contributed by atoms with Crippen molar-refractivity contribution in [2.45, 2.75) is 152 Å². The molecule has 0 amide bonds. The third kappa shape index (κ3) is 18.8. The lowest BCUT2D eigenvalue weighted by molar-refractivity contribution is 0.475. The van der Waals surface area contributed by atoms with Crippen LogP contribution in [0.4, 0.5) is 11.4 Å². The molecule has 0 aliphatic heterocycles. The maximum atomic E-state index is 12.9. The van der Waals surface area contributed by atoms with Crippen LogP contribution in [0.3, 0.4) is 0 Å². The van der Waals surface area contributed by atoms with E-state index in [1.165, 1.54) is 107 Å². The molecule has 0 bridgehead atoms. The van der Waals surface area contributed by atoms with Crippen molar-refractivity contribution in [1.82, 2.24) is 9.44 Å². The number of phenols is 2. The van der Waals surface area contributed by atoms with Gasteiger partial charge in [-0.15, -0.1) is 15.3 Å². The molecule has 0 aromatic heterocycles. The van der Waals surface area contributed by atoms with E-state index in [1.807, 2.05) is 0 Å². The summed E-state index contributed by atoms with van der Waals surface area (Å²) in [5.41, 5.74) is 2.12. The smallest absolute Gasteiger partial charge is 0.270 e. The van der Waals surface area contributed by atoms with Gasteiger partial charge in [-0.25, -0.2) is 26.3 Å². The van der Waals surface area contributed by atoms with E-state index in [2.05, 4.69) is 44.0 Å². The van der Waals surface area contributed by atoms with E-state index >= 15 is 0 Å². The minimum atomic E-state index is -3.89. The van der Waals surface area contributed by atoms with Crippen molar-refractivity contribution in [2.24, 2.45) is 15.3 Å². The van der Waals surface area contributed by atoms with E-state index in [0.717, 1.165) is 44.6 Å². The Kier molecular flexibility index (Phi) is 22.6. The molecule has 0 saturated heterocycles. The summed E-state index contributed by atoms with van der Waals surface area (Å²) in [6.45, 7) is 4.97. The molecule has 2 rings (SSSR count). The number of amidine groups is 1. The number of nitrogens with one attached hydrogen (secondary N) is 3. The second kappa shape index (κ2) is 26.2. The second-order valence-electron chi connectivity index (χ2n) is 13.3. The van der Waals surface area contributed by atoms with Crippen LogP contribution in [0.25, 0.3) is 0 Å². The lowest BCUT2D eigenvalue weighted by Gasteiger charge is -2.10. The normalized spacial score (nSPS) is 12.4. The first-order valence-electron chi connectivity index (χ1n) is 19.3. The summed E-state index contributed by atoms with van der Waals surface area (Å²) in [7, 11) is -7.77. The molecule has 2 aromatic rings. The van der Waals surface area contributed by atoms with E-state index in [1.54, 1.807) is 6.07 Å². The van der Waals surface area contributed by atoms with Crippen molar-refractivity contribution in [1.29, 1.82) is 5.26 Å². The maximum Gasteiger partial charge on any atom is 0.270 e. The van der Waals surface area contributed by atoms with Crippen LogP contribution in [-0.4, -0.2) is 46.0 Å². The molecule has 0 aliphatic rings. The fourth-order valence-electron chi connectivity index (χ4n) is 5.61. The SMILES string of the molecule is CCCCCCCCCCCCNS(=O)(=O)c1ccc(O)c(N=N/C(C#N)=N/Nc2cc(S(=O)(=O)NCCCCCCCCCCCC)ccc2O)c1. The first kappa shape index (κ1) is 45.6. The van der Waals surface area contributed by atoms with Crippen molar-refractivity contribution in [3.05, 3.63) is 36.4 Å². The number of hydrogen-bond acceptors (Lipinski definition) is 10. The highest BCUT2D eigenvalue weighted by atomic mass is 32.2. The van der Waals surface area contributed by atoms with Crippen molar-refractivity contribution < 1.29 is 27.0 Å². The Hall–Kier alpha value is -3.58. The summed E-state index contributed by atoms with van der Waals surface area (Å²) in [6.07, 6.45) is 22.7. The first-order valence-corrected chi connectivity index (χ1v) is 22.3. The fraction of sp³-hybridized carbons (Fsp3) is 0.632. The van der Waals surface area contributed by atoms with Crippen LogP contribution in [0.15, 0.2) is 61.5 Å². The summed E-state index contributed by atoms with van der Waals surface area (Å²) in [5, 5.41) is 41.4. The highest BCUT2D eigenvalue weighted by Gasteiger charge is 2.17. The third-order valence-corrected chi connectivity index (χ3v) is 11.7. The zero-order valence-electron chi connectivity index (χ0n) is 31.7. The average Bonchev–Trinajstić information content (AvgIpc) is 3.14. The van der Waals surface area contributed by atoms with E-state index in [9.17, 15) is 32.3 Å². The van der Waals surface area contributed by atoms with Gasteiger partial charge in [0.1, 0.15) is 23.3 Å². The van der Waals surface area contributed by atoms with Crippen LogP contribution in [0.5, 0.6) is 11.5 Å². The van der Waals surface area contributed by atoms with Crippen molar-refractivity contribution in [3.8, 4) is 17.6 Å². The van der Waals surface area contributed by atoms with E-state index < -0.39 is 25.9 Å². The Morgan fingerprint density at radius 2 is 1.04 bits per heavy atom. The molecule has 15 heteroatoms. The minimum absolute atomic E-state index is 0.0980. The van der Waals surface area contributed by atoms with Crippen molar-refractivity contribution in [2.75, 3.05) is 18.5 Å². The number of rotatable bonds is 29. The maximum absolute atomic E-state index is 12.9. The number of hydrogen-bond donors (Lipinski definition) is 5. The highest BCUT2D eigenvalue weighted by Crippen LogP contribution is 2.30. The summed E-state index contributed by atoms with van der Waals surface area (Å²) >= 11 is 0. The number of phenolic OH excluding ortho intramolecular Hbond substituents is 2. The lowest BCUT2D eigenvalue weighted by Crippen LogP contribution is -2.24. The van der Waals surface area contributed by atoms with Gasteiger partial charge < -0.3 is 10.2 Å². The number of sulfonamides is 2. The second-order valence-corrected chi connectivity index (χ2v) is 16.9. The molecule has 0 fully saturated rings.